The molecule has 26 heavy (non-hydrogen) atoms. The van der Waals surface area contributed by atoms with Gasteiger partial charge in [-0.2, -0.15) is 0 Å². The van der Waals surface area contributed by atoms with Crippen molar-refractivity contribution in [2.24, 2.45) is 5.92 Å². The molecule has 5 nitrogen and oxygen atoms in total. The van der Waals surface area contributed by atoms with E-state index in [9.17, 15) is 13.2 Å². The van der Waals surface area contributed by atoms with Crippen molar-refractivity contribution in [3.05, 3.63) is 52.2 Å². The van der Waals surface area contributed by atoms with Crippen LogP contribution in [-0.4, -0.2) is 20.4 Å². The highest BCUT2D eigenvalue weighted by Crippen LogP contribution is 2.24. The summed E-state index contributed by atoms with van der Waals surface area (Å²) >= 11 is 1.50. The highest BCUT2D eigenvalue weighted by atomic mass is 32.2. The van der Waals surface area contributed by atoms with Gasteiger partial charge in [-0.25, -0.2) is 13.1 Å². The van der Waals surface area contributed by atoms with Gasteiger partial charge in [0.25, 0.3) is 5.91 Å². The number of hydrogen-bond donors (Lipinski definition) is 2. The van der Waals surface area contributed by atoms with Crippen LogP contribution in [-0.2, 0) is 16.6 Å². The molecule has 0 radical (unpaired) electrons. The van der Waals surface area contributed by atoms with E-state index in [0.29, 0.717) is 11.5 Å². The molecule has 0 spiro atoms. The van der Waals surface area contributed by atoms with Gasteiger partial charge >= 0.3 is 0 Å². The number of benzene rings is 1. The Morgan fingerprint density at radius 1 is 1.15 bits per heavy atom. The van der Waals surface area contributed by atoms with Crippen molar-refractivity contribution < 1.29 is 13.2 Å². The molecular formula is C19H24N2O3S2. The standard InChI is InChI=1S/C19H24N2O3S2/c1-14-5-2-3-7-18(14)21-19(22)15-8-10-17(11-9-15)26(23,24)20-13-16-6-4-12-25-16/h4,6,8-12,14,18,20H,2-3,5,7,13H2,1H3,(H,21,22)/t14-,18-/m0/s1. The van der Waals surface area contributed by atoms with E-state index in [1.807, 2.05) is 17.5 Å². The molecule has 2 atom stereocenters. The van der Waals surface area contributed by atoms with Gasteiger partial charge in [0.2, 0.25) is 10.0 Å². The maximum Gasteiger partial charge on any atom is 0.251 e. The fourth-order valence-electron chi connectivity index (χ4n) is 3.23. The molecule has 1 amide bonds. The number of sulfonamides is 1. The van der Waals surface area contributed by atoms with Crippen LogP contribution in [0.15, 0.2) is 46.7 Å². The Balaban J connectivity index is 1.62. The third-order valence-corrected chi connectivity index (χ3v) is 7.16. The topological polar surface area (TPSA) is 75.3 Å². The summed E-state index contributed by atoms with van der Waals surface area (Å²) < 4.78 is 27.3. The van der Waals surface area contributed by atoms with Crippen LogP contribution in [0.2, 0.25) is 0 Å². The minimum atomic E-state index is -3.59. The lowest BCUT2D eigenvalue weighted by Gasteiger charge is -2.29. The Kier molecular flexibility index (Phi) is 6.11. The van der Waals surface area contributed by atoms with Crippen LogP contribution >= 0.6 is 11.3 Å². The normalized spacial score (nSPS) is 20.7. The smallest absolute Gasteiger partial charge is 0.251 e. The first kappa shape index (κ1) is 19.1. The fraction of sp³-hybridized carbons (Fsp3) is 0.421. The average molecular weight is 393 g/mol. The first-order valence-electron chi connectivity index (χ1n) is 8.89. The second-order valence-electron chi connectivity index (χ2n) is 6.77. The summed E-state index contributed by atoms with van der Waals surface area (Å²) in [5.41, 5.74) is 0.486. The van der Waals surface area contributed by atoms with E-state index in [0.717, 1.165) is 24.1 Å². The number of thiophene rings is 1. The lowest BCUT2D eigenvalue weighted by molar-refractivity contribution is 0.0910. The van der Waals surface area contributed by atoms with E-state index >= 15 is 0 Å². The number of carbonyl (C=O) groups is 1. The predicted molar refractivity (Wildman–Crippen MR) is 104 cm³/mol. The average Bonchev–Trinajstić information content (AvgIpc) is 3.16. The lowest BCUT2D eigenvalue weighted by atomic mass is 9.86. The summed E-state index contributed by atoms with van der Waals surface area (Å²) in [4.78, 5) is 13.5. The van der Waals surface area contributed by atoms with Crippen LogP contribution in [0.25, 0.3) is 0 Å². The molecule has 1 heterocycles. The SMILES string of the molecule is C[C@H]1CCCC[C@@H]1NC(=O)c1ccc(S(=O)(=O)NCc2cccs2)cc1. The summed E-state index contributed by atoms with van der Waals surface area (Å²) in [5, 5.41) is 4.99. The Labute approximate surface area is 158 Å². The van der Waals surface area contributed by atoms with Crippen molar-refractivity contribution in [3.8, 4) is 0 Å². The molecule has 3 rings (SSSR count). The second kappa shape index (κ2) is 8.33. The summed E-state index contributed by atoms with van der Waals surface area (Å²) in [6.45, 7) is 2.43. The largest absolute Gasteiger partial charge is 0.349 e. The Morgan fingerprint density at radius 2 is 1.88 bits per heavy atom. The van der Waals surface area contributed by atoms with Crippen molar-refractivity contribution in [2.45, 2.75) is 50.1 Å². The van der Waals surface area contributed by atoms with Gasteiger partial charge in [0.05, 0.1) is 4.90 Å². The van der Waals surface area contributed by atoms with Crippen molar-refractivity contribution in [2.75, 3.05) is 0 Å². The molecule has 1 saturated carbocycles. The summed E-state index contributed by atoms with van der Waals surface area (Å²) in [6.07, 6.45) is 4.50. The van der Waals surface area contributed by atoms with Crippen molar-refractivity contribution >= 4 is 27.3 Å². The first-order chi connectivity index (χ1) is 12.5. The Morgan fingerprint density at radius 3 is 2.54 bits per heavy atom. The van der Waals surface area contributed by atoms with Gasteiger partial charge in [-0.15, -0.1) is 11.3 Å². The van der Waals surface area contributed by atoms with E-state index in [-0.39, 0.29) is 23.4 Å². The molecule has 0 aliphatic heterocycles. The van der Waals surface area contributed by atoms with Gasteiger partial charge < -0.3 is 5.32 Å². The van der Waals surface area contributed by atoms with E-state index in [2.05, 4.69) is 17.0 Å². The molecule has 1 aromatic heterocycles. The van der Waals surface area contributed by atoms with Gasteiger partial charge in [-0.05, 0) is 54.5 Å². The number of nitrogens with one attached hydrogen (secondary N) is 2. The molecule has 0 saturated heterocycles. The number of hydrogen-bond acceptors (Lipinski definition) is 4. The molecule has 0 bridgehead atoms. The van der Waals surface area contributed by atoms with Gasteiger partial charge in [-0.3, -0.25) is 4.79 Å². The summed E-state index contributed by atoms with van der Waals surface area (Å²) in [6, 6.07) is 10.1. The monoisotopic (exact) mass is 392 g/mol. The van der Waals surface area contributed by atoms with E-state index in [1.54, 1.807) is 12.1 Å². The minimum absolute atomic E-state index is 0.140. The quantitative estimate of drug-likeness (QED) is 0.790. The van der Waals surface area contributed by atoms with Crippen LogP contribution < -0.4 is 10.0 Å². The van der Waals surface area contributed by atoms with Gasteiger partial charge in [0.1, 0.15) is 0 Å². The van der Waals surface area contributed by atoms with E-state index < -0.39 is 10.0 Å². The molecule has 1 fully saturated rings. The van der Waals surface area contributed by atoms with Crippen LogP contribution in [0.3, 0.4) is 0 Å². The van der Waals surface area contributed by atoms with Crippen molar-refractivity contribution in [3.63, 3.8) is 0 Å². The Bertz CT molecular complexity index is 830. The zero-order valence-electron chi connectivity index (χ0n) is 14.8. The molecule has 2 aromatic rings. The zero-order chi connectivity index (χ0) is 18.6. The predicted octanol–water partition coefficient (Wildman–Crippen LogP) is 3.54. The van der Waals surface area contributed by atoms with Crippen LogP contribution in [0, 0.1) is 5.92 Å². The second-order valence-corrected chi connectivity index (χ2v) is 9.57. The van der Waals surface area contributed by atoms with Gasteiger partial charge in [0, 0.05) is 23.0 Å². The van der Waals surface area contributed by atoms with Crippen LogP contribution in [0.5, 0.6) is 0 Å². The maximum absolute atomic E-state index is 12.4. The maximum atomic E-state index is 12.4. The number of rotatable bonds is 6. The lowest BCUT2D eigenvalue weighted by Crippen LogP contribution is -2.41. The molecule has 0 unspecified atom stereocenters. The van der Waals surface area contributed by atoms with Gasteiger partial charge in [0.15, 0.2) is 0 Å². The van der Waals surface area contributed by atoms with Crippen molar-refractivity contribution in [1.82, 2.24) is 10.0 Å². The fourth-order valence-corrected chi connectivity index (χ4v) is 4.97. The number of amides is 1. The molecule has 1 aromatic carbocycles. The van der Waals surface area contributed by atoms with Crippen molar-refractivity contribution in [1.29, 1.82) is 0 Å². The number of carbonyl (C=O) groups excluding carboxylic acids is 1. The third-order valence-electron chi connectivity index (χ3n) is 4.87. The molecule has 1 aliphatic rings. The summed E-state index contributed by atoms with van der Waals surface area (Å²) in [7, 11) is -3.59. The van der Waals surface area contributed by atoms with E-state index in [4.69, 9.17) is 0 Å². The minimum Gasteiger partial charge on any atom is -0.349 e. The van der Waals surface area contributed by atoms with Crippen LogP contribution in [0.4, 0.5) is 0 Å². The molecule has 140 valence electrons. The molecular weight excluding hydrogens is 368 g/mol. The van der Waals surface area contributed by atoms with Gasteiger partial charge in [-0.1, -0.05) is 25.8 Å². The molecule has 7 heteroatoms. The highest BCUT2D eigenvalue weighted by Gasteiger charge is 2.23. The molecule has 2 N–H and O–H groups in total. The summed E-state index contributed by atoms with van der Waals surface area (Å²) in [5.74, 6) is 0.341. The van der Waals surface area contributed by atoms with Crippen LogP contribution in [0.1, 0.15) is 47.8 Å². The third kappa shape index (κ3) is 4.72. The van der Waals surface area contributed by atoms with E-state index in [1.165, 1.54) is 29.9 Å². The molecule has 1 aliphatic carbocycles. The first-order valence-corrected chi connectivity index (χ1v) is 11.2. The Hall–Kier alpha value is -1.70. The highest BCUT2D eigenvalue weighted by molar-refractivity contribution is 7.89. The zero-order valence-corrected chi connectivity index (χ0v) is 16.4.